The van der Waals surface area contributed by atoms with Crippen molar-refractivity contribution in [1.29, 1.82) is 0 Å². The van der Waals surface area contributed by atoms with Gasteiger partial charge in [0.15, 0.2) is 0 Å². The molecule has 0 aromatic heterocycles. The van der Waals surface area contributed by atoms with Crippen LogP contribution < -0.4 is 0 Å². The summed E-state index contributed by atoms with van der Waals surface area (Å²) < 4.78 is 0. The number of benzene rings is 1. The second-order valence-corrected chi connectivity index (χ2v) is 3.93. The Morgan fingerprint density at radius 3 is 2.71 bits per heavy atom. The molecule has 0 aliphatic heterocycles. The third kappa shape index (κ3) is 3.48. The average molecular weight is 212 g/mol. The molecule has 0 amide bonds. The van der Waals surface area contributed by atoms with Crippen LogP contribution in [0.15, 0.2) is 29.3 Å². The predicted molar refractivity (Wildman–Crippen MR) is 59.9 cm³/mol. The van der Waals surface area contributed by atoms with Crippen LogP contribution in [0.3, 0.4) is 0 Å². The highest BCUT2D eigenvalue weighted by Gasteiger charge is 2.04. The van der Waals surface area contributed by atoms with E-state index in [2.05, 4.69) is 4.99 Å². The number of nitrogens with zero attached hydrogens (tertiary/aromatic N) is 1. The van der Waals surface area contributed by atoms with Crippen molar-refractivity contribution in [3.63, 3.8) is 0 Å². The number of rotatable bonds is 3. The van der Waals surface area contributed by atoms with Gasteiger partial charge in [0, 0.05) is 11.2 Å². The summed E-state index contributed by atoms with van der Waals surface area (Å²) in [4.78, 5) is 4.01. The lowest BCUT2D eigenvalue weighted by Crippen LogP contribution is -2.11. The van der Waals surface area contributed by atoms with Gasteiger partial charge >= 0.3 is 0 Å². The molecule has 0 aliphatic carbocycles. The normalized spacial score (nSPS) is 13.8. The van der Waals surface area contributed by atoms with Crippen LogP contribution in [0.5, 0.6) is 0 Å². The Morgan fingerprint density at radius 1 is 1.43 bits per heavy atom. The topological polar surface area (TPSA) is 32.6 Å². The SMILES string of the molecule is CC(C)C(O)/N=C/c1cccc(Cl)c1. The van der Waals surface area contributed by atoms with E-state index >= 15 is 0 Å². The number of aliphatic hydroxyl groups excluding tert-OH is 1. The smallest absolute Gasteiger partial charge is 0.147 e. The number of aliphatic imine (C=N–C) groups is 1. The van der Waals surface area contributed by atoms with Crippen LogP contribution in [0.2, 0.25) is 5.02 Å². The lowest BCUT2D eigenvalue weighted by atomic mass is 10.2. The van der Waals surface area contributed by atoms with Gasteiger partial charge in [-0.25, -0.2) is 0 Å². The van der Waals surface area contributed by atoms with Gasteiger partial charge in [0.1, 0.15) is 6.23 Å². The van der Waals surface area contributed by atoms with Crippen LogP contribution in [0.4, 0.5) is 0 Å². The summed E-state index contributed by atoms with van der Waals surface area (Å²) >= 11 is 5.80. The molecule has 1 N–H and O–H groups in total. The van der Waals surface area contributed by atoms with Gasteiger partial charge in [-0.2, -0.15) is 0 Å². The summed E-state index contributed by atoms with van der Waals surface area (Å²) in [6, 6.07) is 7.35. The van der Waals surface area contributed by atoms with Crippen LogP contribution in [-0.4, -0.2) is 17.5 Å². The standard InChI is InChI=1S/C11H14ClNO/c1-8(2)11(14)13-7-9-4-3-5-10(12)6-9/h3-8,11,14H,1-2H3/b13-7+. The molecule has 14 heavy (non-hydrogen) atoms. The van der Waals surface area contributed by atoms with E-state index in [-0.39, 0.29) is 5.92 Å². The molecule has 0 fully saturated rings. The highest BCUT2D eigenvalue weighted by atomic mass is 35.5. The fraction of sp³-hybridized carbons (Fsp3) is 0.364. The van der Waals surface area contributed by atoms with E-state index in [1.165, 1.54) is 0 Å². The first-order valence-electron chi connectivity index (χ1n) is 4.56. The van der Waals surface area contributed by atoms with Gasteiger partial charge in [-0.1, -0.05) is 37.6 Å². The van der Waals surface area contributed by atoms with E-state index in [9.17, 15) is 5.11 Å². The summed E-state index contributed by atoms with van der Waals surface area (Å²) in [7, 11) is 0. The number of aliphatic hydroxyl groups is 1. The first kappa shape index (κ1) is 11.2. The summed E-state index contributed by atoms with van der Waals surface area (Å²) in [6.07, 6.45) is 0.991. The monoisotopic (exact) mass is 211 g/mol. The molecule has 2 nitrogen and oxygen atoms in total. The Hall–Kier alpha value is -0.860. The first-order valence-corrected chi connectivity index (χ1v) is 4.94. The molecular formula is C11H14ClNO. The van der Waals surface area contributed by atoms with Crippen LogP contribution in [-0.2, 0) is 0 Å². The minimum absolute atomic E-state index is 0.130. The molecule has 3 heteroatoms. The van der Waals surface area contributed by atoms with Crippen LogP contribution in [0.1, 0.15) is 19.4 Å². The van der Waals surface area contributed by atoms with Crippen molar-refractivity contribution < 1.29 is 5.11 Å². The molecule has 0 aliphatic rings. The molecular weight excluding hydrogens is 198 g/mol. The maximum atomic E-state index is 9.43. The zero-order valence-corrected chi connectivity index (χ0v) is 9.07. The molecule has 1 unspecified atom stereocenters. The number of hydrogen-bond donors (Lipinski definition) is 1. The van der Waals surface area contributed by atoms with Crippen molar-refractivity contribution >= 4 is 17.8 Å². The van der Waals surface area contributed by atoms with E-state index in [1.54, 1.807) is 18.3 Å². The van der Waals surface area contributed by atoms with E-state index < -0.39 is 6.23 Å². The Balaban J connectivity index is 2.69. The Labute approximate surface area is 89.2 Å². The van der Waals surface area contributed by atoms with Crippen molar-refractivity contribution in [1.82, 2.24) is 0 Å². The Bertz CT molecular complexity index is 323. The van der Waals surface area contributed by atoms with E-state index in [0.29, 0.717) is 5.02 Å². The second-order valence-electron chi connectivity index (χ2n) is 3.49. The molecule has 1 aromatic carbocycles. The molecule has 0 spiro atoms. The highest BCUT2D eigenvalue weighted by Crippen LogP contribution is 2.09. The van der Waals surface area contributed by atoms with Crippen molar-refractivity contribution in [3.05, 3.63) is 34.9 Å². The second kappa shape index (κ2) is 5.13. The number of hydrogen-bond acceptors (Lipinski definition) is 2. The van der Waals surface area contributed by atoms with Crippen LogP contribution in [0.25, 0.3) is 0 Å². The maximum absolute atomic E-state index is 9.43. The van der Waals surface area contributed by atoms with Crippen molar-refractivity contribution in [2.45, 2.75) is 20.1 Å². The summed E-state index contributed by atoms with van der Waals surface area (Å²) in [5.41, 5.74) is 0.900. The lowest BCUT2D eigenvalue weighted by molar-refractivity contribution is 0.135. The summed E-state index contributed by atoms with van der Waals surface area (Å²) in [5.74, 6) is 0.130. The summed E-state index contributed by atoms with van der Waals surface area (Å²) in [5, 5.41) is 10.1. The molecule has 1 aromatic rings. The van der Waals surface area contributed by atoms with Gasteiger partial charge < -0.3 is 5.11 Å². The molecule has 1 atom stereocenters. The number of halogens is 1. The van der Waals surface area contributed by atoms with E-state index in [0.717, 1.165) is 5.56 Å². The van der Waals surface area contributed by atoms with Gasteiger partial charge in [0.25, 0.3) is 0 Å². The largest absolute Gasteiger partial charge is 0.372 e. The quantitative estimate of drug-likeness (QED) is 0.767. The van der Waals surface area contributed by atoms with Gasteiger partial charge in [-0.05, 0) is 23.6 Å². The van der Waals surface area contributed by atoms with Crippen LogP contribution >= 0.6 is 11.6 Å². The Morgan fingerprint density at radius 2 is 2.14 bits per heavy atom. The van der Waals surface area contributed by atoms with Crippen molar-refractivity contribution in [2.75, 3.05) is 0 Å². The lowest BCUT2D eigenvalue weighted by Gasteiger charge is -2.07. The fourth-order valence-electron chi connectivity index (χ4n) is 0.921. The zero-order valence-electron chi connectivity index (χ0n) is 8.31. The molecule has 0 radical (unpaired) electrons. The third-order valence-electron chi connectivity index (χ3n) is 1.82. The van der Waals surface area contributed by atoms with Gasteiger partial charge in [-0.3, -0.25) is 4.99 Å². The average Bonchev–Trinajstić information content (AvgIpc) is 2.14. The summed E-state index contributed by atoms with van der Waals surface area (Å²) in [6.45, 7) is 3.83. The van der Waals surface area contributed by atoms with E-state index in [4.69, 9.17) is 11.6 Å². The molecule has 0 bridgehead atoms. The minimum atomic E-state index is -0.644. The fourth-order valence-corrected chi connectivity index (χ4v) is 1.12. The van der Waals surface area contributed by atoms with Crippen LogP contribution in [0, 0.1) is 5.92 Å². The Kier molecular flexibility index (Phi) is 4.11. The van der Waals surface area contributed by atoms with Gasteiger partial charge in [0.2, 0.25) is 0 Å². The molecule has 0 saturated heterocycles. The third-order valence-corrected chi connectivity index (χ3v) is 2.06. The zero-order chi connectivity index (χ0) is 10.6. The minimum Gasteiger partial charge on any atom is -0.372 e. The highest BCUT2D eigenvalue weighted by molar-refractivity contribution is 6.30. The van der Waals surface area contributed by atoms with Gasteiger partial charge in [0.05, 0.1) is 0 Å². The molecule has 0 heterocycles. The molecule has 0 saturated carbocycles. The predicted octanol–water partition coefficient (Wildman–Crippen LogP) is 2.73. The van der Waals surface area contributed by atoms with Crippen molar-refractivity contribution in [2.24, 2.45) is 10.9 Å². The van der Waals surface area contributed by atoms with Crippen molar-refractivity contribution in [3.8, 4) is 0 Å². The molecule has 1 rings (SSSR count). The molecule has 76 valence electrons. The maximum Gasteiger partial charge on any atom is 0.147 e. The first-order chi connectivity index (χ1) is 6.59. The van der Waals surface area contributed by atoms with Gasteiger partial charge in [-0.15, -0.1) is 0 Å². The van der Waals surface area contributed by atoms with E-state index in [1.807, 2.05) is 26.0 Å².